The fourth-order valence-electron chi connectivity index (χ4n) is 3.24. The number of para-hydroxylation sites is 1. The number of hydrogen-bond acceptors (Lipinski definition) is 4. The van der Waals surface area contributed by atoms with Gasteiger partial charge >= 0.3 is 0 Å². The Kier molecular flexibility index (Phi) is 5.28. The SMILES string of the molecule is COc1ccc(N(C)N=CC2=[N+](C)c3ccccc3C2(C)C)cc1.[OH-]. The molecule has 132 valence electrons. The molecule has 1 N–H and O–H groups in total. The van der Waals surface area contributed by atoms with Crippen LogP contribution in [0.4, 0.5) is 11.4 Å². The molecule has 2 aromatic carbocycles. The highest BCUT2D eigenvalue weighted by Gasteiger charge is 2.43. The molecule has 2 aromatic rings. The maximum atomic E-state index is 5.20. The Morgan fingerprint density at radius 1 is 1.08 bits per heavy atom. The largest absolute Gasteiger partial charge is 0.870 e. The molecule has 0 amide bonds. The first-order valence-corrected chi connectivity index (χ1v) is 8.07. The molecule has 3 rings (SSSR count). The fourth-order valence-corrected chi connectivity index (χ4v) is 3.24. The Bertz CT molecular complexity index is 808. The average molecular weight is 339 g/mol. The van der Waals surface area contributed by atoms with Crippen molar-refractivity contribution in [1.82, 2.24) is 0 Å². The molecular weight excluding hydrogens is 314 g/mol. The smallest absolute Gasteiger partial charge is 0.212 e. The number of benzene rings is 2. The van der Waals surface area contributed by atoms with Crippen molar-refractivity contribution in [3.8, 4) is 5.75 Å². The van der Waals surface area contributed by atoms with Crippen LogP contribution in [0.1, 0.15) is 19.4 Å². The number of nitrogens with zero attached hydrogens (tertiary/aromatic N) is 3. The summed E-state index contributed by atoms with van der Waals surface area (Å²) in [5.74, 6) is 0.845. The maximum Gasteiger partial charge on any atom is 0.212 e. The fraction of sp³-hybridized carbons (Fsp3) is 0.300. The second-order valence-electron chi connectivity index (χ2n) is 6.55. The van der Waals surface area contributed by atoms with E-state index in [4.69, 9.17) is 4.74 Å². The van der Waals surface area contributed by atoms with Crippen LogP contribution >= 0.6 is 0 Å². The van der Waals surface area contributed by atoms with Gasteiger partial charge < -0.3 is 10.2 Å². The monoisotopic (exact) mass is 339 g/mol. The summed E-state index contributed by atoms with van der Waals surface area (Å²) in [7, 11) is 5.72. The van der Waals surface area contributed by atoms with Crippen molar-refractivity contribution in [3.05, 3.63) is 54.1 Å². The molecule has 0 aliphatic carbocycles. The molecular formula is C20H25N3O2. The van der Waals surface area contributed by atoms with E-state index < -0.39 is 0 Å². The molecule has 0 unspecified atom stereocenters. The lowest BCUT2D eigenvalue weighted by Crippen LogP contribution is -2.30. The summed E-state index contributed by atoms with van der Waals surface area (Å²) in [6.07, 6.45) is 1.96. The van der Waals surface area contributed by atoms with E-state index in [0.717, 1.165) is 11.4 Å². The van der Waals surface area contributed by atoms with Crippen LogP contribution in [0.2, 0.25) is 0 Å². The van der Waals surface area contributed by atoms with Crippen LogP contribution in [0.25, 0.3) is 0 Å². The van der Waals surface area contributed by atoms with Crippen molar-refractivity contribution >= 4 is 23.3 Å². The van der Waals surface area contributed by atoms with E-state index >= 15 is 0 Å². The molecule has 1 aliphatic rings. The van der Waals surface area contributed by atoms with Crippen molar-refractivity contribution in [2.24, 2.45) is 5.10 Å². The summed E-state index contributed by atoms with van der Waals surface area (Å²) in [5, 5.41) is 6.52. The Morgan fingerprint density at radius 3 is 2.32 bits per heavy atom. The van der Waals surface area contributed by atoms with Crippen molar-refractivity contribution in [1.29, 1.82) is 0 Å². The first-order valence-electron chi connectivity index (χ1n) is 8.07. The van der Waals surface area contributed by atoms with Crippen LogP contribution in [0.15, 0.2) is 53.6 Å². The van der Waals surface area contributed by atoms with Gasteiger partial charge in [0.1, 0.15) is 19.0 Å². The van der Waals surface area contributed by atoms with E-state index in [1.165, 1.54) is 17.0 Å². The Hall–Kier alpha value is -2.66. The molecule has 0 saturated heterocycles. The summed E-state index contributed by atoms with van der Waals surface area (Å²) in [6, 6.07) is 16.4. The summed E-state index contributed by atoms with van der Waals surface area (Å²) >= 11 is 0. The molecule has 5 heteroatoms. The molecule has 0 fully saturated rings. The van der Waals surface area contributed by atoms with Gasteiger partial charge in [-0.3, -0.25) is 5.01 Å². The van der Waals surface area contributed by atoms with Gasteiger partial charge in [-0.25, -0.2) is 0 Å². The summed E-state index contributed by atoms with van der Waals surface area (Å²) in [5.41, 5.74) is 4.72. The van der Waals surface area contributed by atoms with E-state index in [-0.39, 0.29) is 10.9 Å². The first-order chi connectivity index (χ1) is 11.4. The second kappa shape index (κ2) is 7.07. The number of anilines is 1. The molecule has 5 nitrogen and oxygen atoms in total. The topological polar surface area (TPSA) is 57.8 Å². The second-order valence-corrected chi connectivity index (χ2v) is 6.55. The Labute approximate surface area is 149 Å². The van der Waals surface area contributed by atoms with E-state index in [9.17, 15) is 0 Å². The van der Waals surface area contributed by atoms with Gasteiger partial charge in [0, 0.05) is 18.7 Å². The average Bonchev–Trinajstić information content (AvgIpc) is 2.80. The minimum absolute atomic E-state index is 0. The van der Waals surface area contributed by atoms with Crippen LogP contribution in [0, 0.1) is 0 Å². The van der Waals surface area contributed by atoms with Crippen LogP contribution in [-0.2, 0) is 5.41 Å². The summed E-state index contributed by atoms with van der Waals surface area (Å²) in [6.45, 7) is 4.48. The van der Waals surface area contributed by atoms with Crippen molar-refractivity contribution < 1.29 is 14.8 Å². The van der Waals surface area contributed by atoms with Gasteiger partial charge in [0.2, 0.25) is 11.4 Å². The number of methoxy groups -OCH3 is 1. The van der Waals surface area contributed by atoms with Gasteiger partial charge in [-0.15, -0.1) is 0 Å². The highest BCUT2D eigenvalue weighted by molar-refractivity contribution is 6.33. The number of fused-ring (bicyclic) bond motifs is 1. The molecule has 25 heavy (non-hydrogen) atoms. The van der Waals surface area contributed by atoms with Gasteiger partial charge in [0.25, 0.3) is 0 Å². The Morgan fingerprint density at radius 2 is 1.72 bits per heavy atom. The van der Waals surface area contributed by atoms with E-state index in [0.29, 0.717) is 0 Å². The van der Waals surface area contributed by atoms with Crippen LogP contribution in [-0.4, -0.2) is 43.2 Å². The third kappa shape index (κ3) is 3.28. The molecule has 0 atom stereocenters. The number of rotatable bonds is 4. The van der Waals surface area contributed by atoms with Crippen molar-refractivity contribution in [3.63, 3.8) is 0 Å². The van der Waals surface area contributed by atoms with E-state index in [2.05, 4.69) is 54.8 Å². The van der Waals surface area contributed by atoms with Gasteiger partial charge in [0.15, 0.2) is 0 Å². The van der Waals surface area contributed by atoms with Crippen molar-refractivity contribution in [2.75, 3.05) is 26.2 Å². The number of ether oxygens (including phenoxy) is 1. The molecule has 1 aliphatic heterocycles. The zero-order valence-corrected chi connectivity index (χ0v) is 15.4. The first kappa shape index (κ1) is 18.7. The van der Waals surface area contributed by atoms with Gasteiger partial charge in [0.05, 0.1) is 18.2 Å². The minimum atomic E-state index is -0.0599. The van der Waals surface area contributed by atoms with Crippen LogP contribution in [0.3, 0.4) is 0 Å². The lowest BCUT2D eigenvalue weighted by Gasteiger charge is -2.16. The van der Waals surface area contributed by atoms with Crippen LogP contribution < -0.4 is 9.75 Å². The van der Waals surface area contributed by atoms with Crippen molar-refractivity contribution in [2.45, 2.75) is 19.3 Å². The quantitative estimate of drug-likeness (QED) is 0.485. The number of hydrogen-bond donors (Lipinski definition) is 0. The minimum Gasteiger partial charge on any atom is -0.870 e. The zero-order chi connectivity index (χ0) is 17.3. The molecule has 0 saturated carbocycles. The molecule has 0 spiro atoms. The number of hydrazone groups is 1. The molecule has 0 bridgehead atoms. The van der Waals surface area contributed by atoms with E-state index in [1.807, 2.05) is 42.5 Å². The summed E-state index contributed by atoms with van der Waals surface area (Å²) < 4.78 is 7.42. The lowest BCUT2D eigenvalue weighted by atomic mass is 9.82. The normalized spacial score (nSPS) is 15.1. The van der Waals surface area contributed by atoms with Gasteiger partial charge in [-0.05, 0) is 38.1 Å². The van der Waals surface area contributed by atoms with E-state index in [1.54, 1.807) is 7.11 Å². The Balaban J connectivity index is 0.00000225. The molecule has 0 radical (unpaired) electrons. The molecule has 1 heterocycles. The lowest BCUT2D eigenvalue weighted by molar-refractivity contribution is -0.400. The maximum absolute atomic E-state index is 5.20. The van der Waals surface area contributed by atoms with Gasteiger partial charge in [-0.1, -0.05) is 18.2 Å². The predicted molar refractivity (Wildman–Crippen MR) is 102 cm³/mol. The highest BCUT2D eigenvalue weighted by atomic mass is 16.5. The van der Waals surface area contributed by atoms with Gasteiger partial charge in [-0.2, -0.15) is 9.68 Å². The molecule has 0 aromatic heterocycles. The van der Waals surface area contributed by atoms with Crippen LogP contribution in [0.5, 0.6) is 5.75 Å². The third-order valence-electron chi connectivity index (χ3n) is 4.74. The summed E-state index contributed by atoms with van der Waals surface area (Å²) in [4.78, 5) is 0. The third-order valence-corrected chi connectivity index (χ3v) is 4.74. The highest BCUT2D eigenvalue weighted by Crippen LogP contribution is 2.38. The predicted octanol–water partition coefficient (Wildman–Crippen LogP) is 3.65. The standard InChI is InChI=1S/C20H24N3O.H2O/c1-20(2)17-8-6-7-9-18(17)22(3)19(20)14-21-23(4)15-10-12-16(24-5)13-11-15;/h6-14H,1-5H3;1H2/q+1;/p-1. The zero-order valence-electron chi connectivity index (χ0n) is 15.4.